The normalized spacial score (nSPS) is 13.6. The summed E-state index contributed by atoms with van der Waals surface area (Å²) < 4.78 is 27.3. The lowest BCUT2D eigenvalue weighted by atomic mass is 10.0. The standard InChI is InChI=1S/C13H16F2N2O4/c1-3-6-13(2,19)7-16-12(18)10-8(14)4-5-9(11(10)15)17(20)21/h4-5,19H,3,6-7H2,1-2H3,(H,16,18). The average molecular weight is 302 g/mol. The maximum absolute atomic E-state index is 13.8. The molecule has 1 atom stereocenters. The zero-order chi connectivity index (χ0) is 16.2. The van der Waals surface area contributed by atoms with E-state index in [0.717, 1.165) is 0 Å². The van der Waals surface area contributed by atoms with E-state index in [-0.39, 0.29) is 6.54 Å². The van der Waals surface area contributed by atoms with Gasteiger partial charge in [-0.15, -0.1) is 0 Å². The van der Waals surface area contributed by atoms with E-state index in [1.807, 2.05) is 6.92 Å². The summed E-state index contributed by atoms with van der Waals surface area (Å²) in [6, 6.07) is 1.30. The molecule has 0 aliphatic rings. The van der Waals surface area contributed by atoms with E-state index >= 15 is 0 Å². The van der Waals surface area contributed by atoms with Crippen molar-refractivity contribution in [3.63, 3.8) is 0 Å². The summed E-state index contributed by atoms with van der Waals surface area (Å²) in [5, 5.41) is 22.6. The molecular formula is C13H16F2N2O4. The van der Waals surface area contributed by atoms with Gasteiger partial charge in [0.05, 0.1) is 10.5 Å². The summed E-state index contributed by atoms with van der Waals surface area (Å²) in [7, 11) is 0. The molecule has 0 saturated carbocycles. The maximum Gasteiger partial charge on any atom is 0.305 e. The number of nitrogens with one attached hydrogen (secondary N) is 1. The van der Waals surface area contributed by atoms with Gasteiger partial charge in [-0.1, -0.05) is 13.3 Å². The van der Waals surface area contributed by atoms with E-state index in [1.54, 1.807) is 0 Å². The Labute approximate surface area is 119 Å². The zero-order valence-corrected chi connectivity index (χ0v) is 11.7. The lowest BCUT2D eigenvalue weighted by Gasteiger charge is -2.23. The van der Waals surface area contributed by atoms with Crippen LogP contribution in [0.15, 0.2) is 12.1 Å². The van der Waals surface area contributed by atoms with Gasteiger partial charge in [-0.2, -0.15) is 4.39 Å². The van der Waals surface area contributed by atoms with Crippen molar-refractivity contribution in [1.29, 1.82) is 0 Å². The van der Waals surface area contributed by atoms with Crippen molar-refractivity contribution in [2.45, 2.75) is 32.3 Å². The summed E-state index contributed by atoms with van der Waals surface area (Å²) in [5.74, 6) is -3.89. The number of nitro benzene ring substituents is 1. The van der Waals surface area contributed by atoms with Crippen molar-refractivity contribution >= 4 is 11.6 Å². The summed E-state index contributed by atoms with van der Waals surface area (Å²) in [5.41, 5.74) is -3.24. The Kier molecular flexibility index (Phi) is 5.31. The van der Waals surface area contributed by atoms with Crippen LogP contribution in [-0.2, 0) is 0 Å². The third-order valence-electron chi connectivity index (χ3n) is 2.91. The van der Waals surface area contributed by atoms with Crippen molar-refractivity contribution in [2.24, 2.45) is 0 Å². The summed E-state index contributed by atoms with van der Waals surface area (Å²) in [6.07, 6.45) is 1.04. The zero-order valence-electron chi connectivity index (χ0n) is 11.7. The average Bonchev–Trinajstić information content (AvgIpc) is 2.36. The minimum Gasteiger partial charge on any atom is -0.388 e. The Morgan fingerprint density at radius 1 is 1.48 bits per heavy atom. The van der Waals surface area contributed by atoms with Gasteiger partial charge in [0.1, 0.15) is 11.4 Å². The van der Waals surface area contributed by atoms with Crippen LogP contribution in [0.4, 0.5) is 14.5 Å². The van der Waals surface area contributed by atoms with Gasteiger partial charge in [-0.25, -0.2) is 4.39 Å². The van der Waals surface area contributed by atoms with Gasteiger partial charge < -0.3 is 10.4 Å². The molecule has 1 rings (SSSR count). The Balaban J connectivity index is 2.98. The first-order valence-electron chi connectivity index (χ1n) is 6.32. The topological polar surface area (TPSA) is 92.5 Å². The molecule has 1 amide bonds. The van der Waals surface area contributed by atoms with E-state index in [0.29, 0.717) is 25.0 Å². The first-order valence-corrected chi connectivity index (χ1v) is 6.32. The van der Waals surface area contributed by atoms with Gasteiger partial charge in [0, 0.05) is 12.6 Å². The number of carbonyl (C=O) groups is 1. The number of hydrogen-bond donors (Lipinski definition) is 2. The smallest absolute Gasteiger partial charge is 0.305 e. The second-order valence-electron chi connectivity index (χ2n) is 4.94. The van der Waals surface area contributed by atoms with Crippen LogP contribution in [0.2, 0.25) is 0 Å². The van der Waals surface area contributed by atoms with Gasteiger partial charge >= 0.3 is 5.69 Å². The summed E-state index contributed by atoms with van der Waals surface area (Å²) in [4.78, 5) is 21.3. The molecule has 0 aromatic heterocycles. The number of rotatable bonds is 6. The number of nitro groups is 1. The first kappa shape index (κ1) is 17.0. The van der Waals surface area contributed by atoms with E-state index in [2.05, 4.69) is 5.32 Å². The van der Waals surface area contributed by atoms with E-state index < -0.39 is 39.3 Å². The highest BCUT2D eigenvalue weighted by Crippen LogP contribution is 2.23. The SMILES string of the molecule is CCCC(C)(O)CNC(=O)c1c(F)ccc([N+](=O)[O-])c1F. The Bertz CT molecular complexity index is 561. The fourth-order valence-electron chi connectivity index (χ4n) is 1.88. The molecule has 0 heterocycles. The molecule has 8 heteroatoms. The van der Waals surface area contributed by atoms with E-state index in [9.17, 15) is 28.8 Å². The molecule has 1 aromatic carbocycles. The van der Waals surface area contributed by atoms with Crippen molar-refractivity contribution in [1.82, 2.24) is 5.32 Å². The minimum absolute atomic E-state index is 0.221. The largest absolute Gasteiger partial charge is 0.388 e. The summed E-state index contributed by atoms with van der Waals surface area (Å²) >= 11 is 0. The van der Waals surface area contributed by atoms with Crippen molar-refractivity contribution < 1.29 is 23.6 Å². The van der Waals surface area contributed by atoms with Crippen molar-refractivity contribution in [3.8, 4) is 0 Å². The highest BCUT2D eigenvalue weighted by molar-refractivity contribution is 5.95. The highest BCUT2D eigenvalue weighted by atomic mass is 19.1. The van der Waals surface area contributed by atoms with Crippen LogP contribution in [0.1, 0.15) is 37.0 Å². The van der Waals surface area contributed by atoms with Gasteiger partial charge in [0.15, 0.2) is 0 Å². The molecular weight excluding hydrogens is 286 g/mol. The number of hydrogen-bond acceptors (Lipinski definition) is 4. The number of amides is 1. The van der Waals surface area contributed by atoms with Crippen LogP contribution in [0.3, 0.4) is 0 Å². The number of nitrogens with zero attached hydrogens (tertiary/aromatic N) is 1. The van der Waals surface area contributed by atoms with E-state index in [4.69, 9.17) is 0 Å². The molecule has 0 saturated heterocycles. The number of benzene rings is 1. The Morgan fingerprint density at radius 3 is 2.62 bits per heavy atom. The number of halogens is 2. The molecule has 116 valence electrons. The quantitative estimate of drug-likeness (QED) is 0.622. The fourth-order valence-corrected chi connectivity index (χ4v) is 1.88. The highest BCUT2D eigenvalue weighted by Gasteiger charge is 2.27. The molecule has 0 fully saturated rings. The molecule has 1 unspecified atom stereocenters. The van der Waals surface area contributed by atoms with Crippen LogP contribution in [0, 0.1) is 21.7 Å². The molecule has 0 aliphatic heterocycles. The van der Waals surface area contributed by atoms with E-state index in [1.165, 1.54) is 6.92 Å². The summed E-state index contributed by atoms with van der Waals surface area (Å²) in [6.45, 7) is 3.08. The lowest BCUT2D eigenvalue weighted by Crippen LogP contribution is -2.41. The fraction of sp³-hybridized carbons (Fsp3) is 0.462. The predicted molar refractivity (Wildman–Crippen MR) is 70.9 cm³/mol. The predicted octanol–water partition coefficient (Wildman–Crippen LogP) is 2.15. The molecule has 21 heavy (non-hydrogen) atoms. The van der Waals surface area contributed by atoms with Crippen molar-refractivity contribution in [3.05, 3.63) is 39.4 Å². The Morgan fingerprint density at radius 2 is 2.10 bits per heavy atom. The monoisotopic (exact) mass is 302 g/mol. The van der Waals surface area contributed by atoms with Crippen LogP contribution < -0.4 is 5.32 Å². The molecule has 2 N–H and O–H groups in total. The lowest BCUT2D eigenvalue weighted by molar-refractivity contribution is -0.387. The van der Waals surface area contributed by atoms with Crippen LogP contribution in [0.25, 0.3) is 0 Å². The molecule has 0 bridgehead atoms. The van der Waals surface area contributed by atoms with Crippen LogP contribution >= 0.6 is 0 Å². The third kappa shape index (κ3) is 4.19. The van der Waals surface area contributed by atoms with Gasteiger partial charge in [-0.05, 0) is 19.4 Å². The number of aliphatic hydroxyl groups is 1. The second kappa shape index (κ2) is 6.57. The third-order valence-corrected chi connectivity index (χ3v) is 2.91. The maximum atomic E-state index is 13.8. The van der Waals surface area contributed by atoms with Gasteiger partial charge in [0.2, 0.25) is 5.82 Å². The first-order chi connectivity index (χ1) is 9.69. The molecule has 0 spiro atoms. The molecule has 6 nitrogen and oxygen atoms in total. The Hall–Kier alpha value is -2.09. The number of carbonyl (C=O) groups excluding carboxylic acids is 1. The van der Waals surface area contributed by atoms with Crippen LogP contribution in [0.5, 0.6) is 0 Å². The van der Waals surface area contributed by atoms with Crippen LogP contribution in [-0.4, -0.2) is 28.1 Å². The minimum atomic E-state index is -1.53. The van der Waals surface area contributed by atoms with Gasteiger partial charge in [0.25, 0.3) is 5.91 Å². The van der Waals surface area contributed by atoms with Gasteiger partial charge in [-0.3, -0.25) is 14.9 Å². The molecule has 0 aliphatic carbocycles. The molecule has 1 aromatic rings. The second-order valence-corrected chi connectivity index (χ2v) is 4.94. The molecule has 0 radical (unpaired) electrons. The van der Waals surface area contributed by atoms with Crippen molar-refractivity contribution in [2.75, 3.05) is 6.54 Å².